The van der Waals surface area contributed by atoms with Crippen molar-refractivity contribution in [1.82, 2.24) is 14.9 Å². The highest BCUT2D eigenvalue weighted by Crippen LogP contribution is 2.34. The molecule has 212 valence electrons. The van der Waals surface area contributed by atoms with Crippen LogP contribution < -0.4 is 4.90 Å². The topological polar surface area (TPSA) is 116 Å². The number of nitrogens with zero attached hydrogens (tertiary/aromatic N) is 4. The second kappa shape index (κ2) is 13.7. The van der Waals surface area contributed by atoms with Gasteiger partial charge in [-0.2, -0.15) is 37.7 Å². The summed E-state index contributed by atoms with van der Waals surface area (Å²) in [6.07, 6.45) is -2.33. The van der Waals surface area contributed by atoms with Crippen LogP contribution in [-0.2, 0) is 20.9 Å². The Morgan fingerprint density at radius 3 is 2.24 bits per heavy atom. The van der Waals surface area contributed by atoms with Crippen LogP contribution in [0.3, 0.4) is 0 Å². The Morgan fingerprint density at radius 2 is 1.71 bits per heavy atom. The Bertz CT molecular complexity index is 986. The molecule has 9 nitrogen and oxygen atoms in total. The number of aromatic nitrogens is 2. The average Bonchev–Trinajstić information content (AvgIpc) is 3.26. The molecule has 38 heavy (non-hydrogen) atoms. The van der Waals surface area contributed by atoms with Crippen LogP contribution in [0.2, 0.25) is 0 Å². The molecule has 2 fully saturated rings. The zero-order valence-corrected chi connectivity index (χ0v) is 20.7. The maximum absolute atomic E-state index is 10.6. The number of hydrogen-bond donors (Lipinski definition) is 2. The van der Waals surface area contributed by atoms with Gasteiger partial charge in [-0.1, -0.05) is 0 Å². The van der Waals surface area contributed by atoms with Crippen LogP contribution >= 0.6 is 11.3 Å². The highest BCUT2D eigenvalue weighted by Gasteiger charge is 2.40. The minimum absolute atomic E-state index is 0.197. The van der Waals surface area contributed by atoms with Crippen LogP contribution in [0.1, 0.15) is 18.4 Å². The predicted molar refractivity (Wildman–Crippen MR) is 124 cm³/mol. The number of rotatable bonds is 3. The Balaban J connectivity index is 0.000000301. The van der Waals surface area contributed by atoms with E-state index < -0.39 is 24.3 Å². The SMILES string of the molecule is O=C(O)C(F)(F)F.O=C(O)C(F)(F)F.c1cnc(N2CCOCC3(CCCN(Cc4ccsc4)C3)C2)cn1. The number of hydrogen-bond acceptors (Lipinski definition) is 8. The maximum atomic E-state index is 10.6. The number of aliphatic carboxylic acids is 2. The normalized spacial score (nSPS) is 20.4. The predicted octanol–water partition coefficient (Wildman–Crippen LogP) is 3.92. The third-order valence-corrected chi connectivity index (χ3v) is 6.26. The largest absolute Gasteiger partial charge is 0.490 e. The fourth-order valence-electron chi connectivity index (χ4n) is 3.98. The zero-order chi connectivity index (χ0) is 28.4. The van der Waals surface area contributed by atoms with Gasteiger partial charge in [0.15, 0.2) is 0 Å². The van der Waals surface area contributed by atoms with Gasteiger partial charge in [0, 0.05) is 44.0 Å². The molecule has 2 saturated heterocycles. The van der Waals surface area contributed by atoms with Crippen LogP contribution in [0, 0.1) is 5.41 Å². The van der Waals surface area contributed by atoms with Crippen molar-refractivity contribution >= 4 is 29.1 Å². The van der Waals surface area contributed by atoms with Crippen LogP contribution in [0.4, 0.5) is 32.2 Å². The van der Waals surface area contributed by atoms with Crippen LogP contribution in [0.5, 0.6) is 0 Å². The molecule has 0 amide bonds. The van der Waals surface area contributed by atoms with Gasteiger partial charge in [-0.05, 0) is 41.8 Å². The van der Waals surface area contributed by atoms with E-state index in [2.05, 4.69) is 36.6 Å². The standard InChI is InChI=1S/C18H24N4OS.2C2HF3O2/c1-3-18(13-21(6-1)11-16-2-9-24-12-16)14-22(7-8-23-15-18)17-10-19-4-5-20-17;2*3-2(4,5)1(6)7/h2,4-5,9-10,12H,1,3,6-8,11,13-15H2;2*(H,6,7). The van der Waals surface area contributed by atoms with E-state index in [0.717, 1.165) is 45.2 Å². The summed E-state index contributed by atoms with van der Waals surface area (Å²) in [5.41, 5.74) is 1.62. The molecule has 4 rings (SSSR count). The van der Waals surface area contributed by atoms with Crippen molar-refractivity contribution in [3.8, 4) is 0 Å². The summed E-state index contributed by atoms with van der Waals surface area (Å²) in [4.78, 5) is 31.5. The fraction of sp³-hybridized carbons (Fsp3) is 0.545. The molecule has 2 aromatic rings. The highest BCUT2D eigenvalue weighted by atomic mass is 32.1. The summed E-state index contributed by atoms with van der Waals surface area (Å²) in [5, 5.41) is 18.7. The second-order valence-corrected chi connectivity index (χ2v) is 9.37. The summed E-state index contributed by atoms with van der Waals surface area (Å²) in [6.45, 7) is 6.85. The van der Waals surface area contributed by atoms with Gasteiger partial charge < -0.3 is 19.8 Å². The summed E-state index contributed by atoms with van der Waals surface area (Å²) in [5.74, 6) is -4.54. The van der Waals surface area contributed by atoms with Gasteiger partial charge in [0.1, 0.15) is 5.82 Å². The lowest BCUT2D eigenvalue weighted by Crippen LogP contribution is -2.50. The first-order valence-electron chi connectivity index (χ1n) is 11.1. The second-order valence-electron chi connectivity index (χ2n) is 8.59. The molecule has 4 heterocycles. The Labute approximate surface area is 217 Å². The van der Waals surface area contributed by atoms with Gasteiger partial charge in [-0.25, -0.2) is 14.6 Å². The Morgan fingerprint density at radius 1 is 1.05 bits per heavy atom. The molecular formula is C22H26F6N4O5S. The number of piperidine rings is 1. The molecule has 2 aliphatic rings. The number of carboxylic acids is 2. The zero-order valence-electron chi connectivity index (χ0n) is 19.9. The van der Waals surface area contributed by atoms with Crippen LogP contribution in [0.25, 0.3) is 0 Å². The first-order chi connectivity index (χ1) is 17.7. The molecule has 0 bridgehead atoms. The van der Waals surface area contributed by atoms with Gasteiger partial charge in [0.25, 0.3) is 0 Å². The van der Waals surface area contributed by atoms with E-state index in [4.69, 9.17) is 24.5 Å². The Hall–Kier alpha value is -2.98. The first kappa shape index (κ1) is 31.2. The number of halogens is 6. The molecule has 0 radical (unpaired) electrons. The summed E-state index contributed by atoms with van der Waals surface area (Å²) in [6, 6.07) is 2.24. The maximum Gasteiger partial charge on any atom is 0.490 e. The highest BCUT2D eigenvalue weighted by molar-refractivity contribution is 7.07. The molecule has 16 heteroatoms. The summed E-state index contributed by atoms with van der Waals surface area (Å²) >= 11 is 1.78. The van der Waals surface area contributed by atoms with Crippen molar-refractivity contribution in [3.63, 3.8) is 0 Å². The number of carboxylic acid groups (broad SMARTS) is 2. The fourth-order valence-corrected chi connectivity index (χ4v) is 4.64. The lowest BCUT2D eigenvalue weighted by atomic mass is 9.80. The van der Waals surface area contributed by atoms with E-state index in [1.54, 1.807) is 23.7 Å². The van der Waals surface area contributed by atoms with Gasteiger partial charge in [0.2, 0.25) is 0 Å². The van der Waals surface area contributed by atoms with Gasteiger partial charge in [-0.3, -0.25) is 9.88 Å². The molecule has 1 atom stereocenters. The summed E-state index contributed by atoms with van der Waals surface area (Å²) in [7, 11) is 0. The van der Waals surface area contributed by atoms with E-state index in [1.165, 1.54) is 24.9 Å². The minimum atomic E-state index is -5.08. The molecule has 0 aliphatic carbocycles. The molecule has 2 N–H and O–H groups in total. The van der Waals surface area contributed by atoms with Crippen LogP contribution in [0.15, 0.2) is 35.4 Å². The summed E-state index contributed by atoms with van der Waals surface area (Å²) < 4.78 is 69.5. The molecule has 2 aromatic heterocycles. The number of ether oxygens (including phenoxy) is 1. The smallest absolute Gasteiger partial charge is 0.475 e. The quantitative estimate of drug-likeness (QED) is 0.528. The molecule has 1 spiro atoms. The van der Waals surface area contributed by atoms with Gasteiger partial charge in [0.05, 0.1) is 19.4 Å². The third kappa shape index (κ3) is 10.4. The molecule has 0 aromatic carbocycles. The van der Waals surface area contributed by atoms with Crippen molar-refractivity contribution in [2.75, 3.05) is 44.3 Å². The lowest BCUT2D eigenvalue weighted by molar-refractivity contribution is -0.193. The molecule has 1 unspecified atom stereocenters. The lowest BCUT2D eigenvalue weighted by Gasteiger charge is -2.43. The number of thiophene rings is 1. The van der Waals surface area contributed by atoms with Gasteiger partial charge in [-0.15, -0.1) is 0 Å². The van der Waals surface area contributed by atoms with Crippen molar-refractivity contribution in [3.05, 3.63) is 41.0 Å². The van der Waals surface area contributed by atoms with E-state index in [0.29, 0.717) is 0 Å². The van der Waals surface area contributed by atoms with E-state index in [1.807, 2.05) is 6.20 Å². The number of alkyl halides is 6. The molecule has 0 saturated carbocycles. The molecule has 2 aliphatic heterocycles. The van der Waals surface area contributed by atoms with Crippen molar-refractivity contribution in [2.24, 2.45) is 5.41 Å². The van der Waals surface area contributed by atoms with E-state index in [-0.39, 0.29) is 5.41 Å². The van der Waals surface area contributed by atoms with Gasteiger partial charge >= 0.3 is 24.3 Å². The first-order valence-corrected chi connectivity index (χ1v) is 12.1. The number of anilines is 1. The van der Waals surface area contributed by atoms with E-state index in [9.17, 15) is 26.3 Å². The van der Waals surface area contributed by atoms with Crippen LogP contribution in [-0.4, -0.2) is 88.8 Å². The average molecular weight is 573 g/mol. The monoisotopic (exact) mass is 572 g/mol. The third-order valence-electron chi connectivity index (χ3n) is 5.53. The number of likely N-dealkylation sites (tertiary alicyclic amines) is 1. The molecular weight excluding hydrogens is 546 g/mol. The van der Waals surface area contributed by atoms with Crippen molar-refractivity contribution in [1.29, 1.82) is 0 Å². The van der Waals surface area contributed by atoms with Crippen molar-refractivity contribution in [2.45, 2.75) is 31.7 Å². The van der Waals surface area contributed by atoms with E-state index >= 15 is 0 Å². The minimum Gasteiger partial charge on any atom is -0.475 e. The Kier molecular flexibility index (Phi) is 11.3. The van der Waals surface area contributed by atoms with Crippen molar-refractivity contribution < 1.29 is 50.9 Å². The number of carbonyl (C=O) groups is 2.